The summed E-state index contributed by atoms with van der Waals surface area (Å²) in [5, 5.41) is 0. The Hall–Kier alpha value is -3.52. The first kappa shape index (κ1) is 30.5. The second kappa shape index (κ2) is 14.1. The van der Waals surface area contributed by atoms with Crippen molar-refractivity contribution in [2.45, 2.75) is 95.8 Å². The number of rotatable bonds is 10. The van der Waals surface area contributed by atoms with E-state index >= 15 is 0 Å². The van der Waals surface area contributed by atoms with Gasteiger partial charge >= 0.3 is 0 Å². The molecule has 4 aromatic carbocycles. The van der Waals surface area contributed by atoms with Crippen LogP contribution < -0.4 is 11.5 Å². The first-order valence-corrected chi connectivity index (χ1v) is 17.4. The highest BCUT2D eigenvalue weighted by atomic mass is 14.5. The van der Waals surface area contributed by atoms with E-state index in [1.165, 1.54) is 104 Å². The molecule has 2 aliphatic rings. The molecule has 4 aromatic rings. The first-order chi connectivity index (χ1) is 21.5. The lowest BCUT2D eigenvalue weighted by atomic mass is 9.62. The Balaban J connectivity index is 1.17. The van der Waals surface area contributed by atoms with Crippen LogP contribution in [0.3, 0.4) is 0 Å². The second-order valence-corrected chi connectivity index (χ2v) is 14.1. The molecular weight excluding hydrogens is 532 g/mol. The standard InChI is InChI=1S/C42H52N2/c1-2-31-3-5-32(6-4-31)7-8-33-25-27-42(28-26-33,38-17-9-34(10-18-38)29-36-13-21-40(43)22-14-36)39-19-11-35(12-20-39)30-37-15-23-41(44)24-16-37/h9-24,31-33H,2-8,25-30,43-44H2,1H3/t31-,32-. The van der Waals surface area contributed by atoms with Crippen molar-refractivity contribution in [1.82, 2.24) is 0 Å². The van der Waals surface area contributed by atoms with Crippen molar-refractivity contribution in [3.05, 3.63) is 130 Å². The third-order valence-corrected chi connectivity index (χ3v) is 11.3. The number of nitrogens with two attached hydrogens (primary N) is 2. The van der Waals surface area contributed by atoms with Crippen molar-refractivity contribution in [3.8, 4) is 0 Å². The summed E-state index contributed by atoms with van der Waals surface area (Å²) >= 11 is 0. The molecule has 0 spiro atoms. The number of hydrogen-bond acceptors (Lipinski definition) is 2. The first-order valence-electron chi connectivity index (χ1n) is 17.4. The highest BCUT2D eigenvalue weighted by molar-refractivity contribution is 5.45. The molecule has 2 heteroatoms. The molecule has 0 aliphatic heterocycles. The van der Waals surface area contributed by atoms with Gasteiger partial charge in [0.15, 0.2) is 0 Å². The summed E-state index contributed by atoms with van der Waals surface area (Å²) in [6.07, 6.45) is 17.2. The van der Waals surface area contributed by atoms with Gasteiger partial charge in [-0.25, -0.2) is 0 Å². The fourth-order valence-electron chi connectivity index (χ4n) is 8.23. The van der Waals surface area contributed by atoms with Gasteiger partial charge in [0.2, 0.25) is 0 Å². The summed E-state index contributed by atoms with van der Waals surface area (Å²) in [6.45, 7) is 2.38. The fraction of sp³-hybridized carbons (Fsp3) is 0.429. The van der Waals surface area contributed by atoms with E-state index in [4.69, 9.17) is 11.5 Å². The summed E-state index contributed by atoms with van der Waals surface area (Å²) in [5.41, 5.74) is 21.9. The zero-order chi connectivity index (χ0) is 30.4. The number of nitrogen functional groups attached to an aromatic ring is 2. The third kappa shape index (κ3) is 7.40. The van der Waals surface area contributed by atoms with Crippen LogP contribution in [0.25, 0.3) is 0 Å². The predicted octanol–water partition coefficient (Wildman–Crippen LogP) is 10.5. The average Bonchev–Trinajstić information content (AvgIpc) is 3.07. The molecule has 0 radical (unpaired) electrons. The molecule has 44 heavy (non-hydrogen) atoms. The lowest BCUT2D eigenvalue weighted by Crippen LogP contribution is -2.33. The molecule has 2 fully saturated rings. The quantitative estimate of drug-likeness (QED) is 0.182. The van der Waals surface area contributed by atoms with E-state index in [1.807, 2.05) is 24.3 Å². The average molecular weight is 585 g/mol. The second-order valence-electron chi connectivity index (χ2n) is 14.1. The van der Waals surface area contributed by atoms with E-state index in [0.29, 0.717) is 0 Å². The van der Waals surface area contributed by atoms with Gasteiger partial charge in [-0.2, -0.15) is 0 Å². The molecule has 230 valence electrons. The summed E-state index contributed by atoms with van der Waals surface area (Å²) in [6, 6.07) is 35.8. The van der Waals surface area contributed by atoms with E-state index < -0.39 is 0 Å². The Morgan fingerprint density at radius 2 is 0.818 bits per heavy atom. The van der Waals surface area contributed by atoms with Crippen molar-refractivity contribution >= 4 is 11.4 Å². The molecule has 2 aliphatic carbocycles. The Morgan fingerprint density at radius 3 is 1.20 bits per heavy atom. The molecule has 0 atom stereocenters. The number of benzene rings is 4. The molecular formula is C42H52N2. The molecule has 0 saturated heterocycles. The van der Waals surface area contributed by atoms with Gasteiger partial charge < -0.3 is 11.5 Å². The lowest BCUT2D eigenvalue weighted by molar-refractivity contribution is 0.212. The lowest BCUT2D eigenvalue weighted by Gasteiger charge is -2.42. The van der Waals surface area contributed by atoms with Crippen molar-refractivity contribution < 1.29 is 0 Å². The summed E-state index contributed by atoms with van der Waals surface area (Å²) in [5.74, 6) is 2.85. The highest BCUT2D eigenvalue weighted by Crippen LogP contribution is 2.48. The van der Waals surface area contributed by atoms with Gasteiger partial charge in [0, 0.05) is 16.8 Å². The molecule has 0 heterocycles. The topological polar surface area (TPSA) is 52.0 Å². The van der Waals surface area contributed by atoms with Gasteiger partial charge in [-0.15, -0.1) is 0 Å². The van der Waals surface area contributed by atoms with Crippen LogP contribution in [-0.4, -0.2) is 0 Å². The number of anilines is 2. The van der Waals surface area contributed by atoms with Gasteiger partial charge in [-0.05, 0) is 114 Å². The third-order valence-electron chi connectivity index (χ3n) is 11.3. The van der Waals surface area contributed by atoms with Crippen molar-refractivity contribution in [1.29, 1.82) is 0 Å². The summed E-state index contributed by atoms with van der Waals surface area (Å²) in [4.78, 5) is 0. The highest BCUT2D eigenvalue weighted by Gasteiger charge is 2.38. The van der Waals surface area contributed by atoms with Gasteiger partial charge in [-0.1, -0.05) is 125 Å². The summed E-state index contributed by atoms with van der Waals surface area (Å²) in [7, 11) is 0. The molecule has 4 N–H and O–H groups in total. The summed E-state index contributed by atoms with van der Waals surface area (Å²) < 4.78 is 0. The van der Waals surface area contributed by atoms with E-state index in [9.17, 15) is 0 Å². The molecule has 6 rings (SSSR count). The Labute approximate surface area is 266 Å². The minimum Gasteiger partial charge on any atom is -0.399 e. The fourth-order valence-corrected chi connectivity index (χ4v) is 8.23. The van der Waals surface area contributed by atoms with E-state index in [1.54, 1.807) is 0 Å². The van der Waals surface area contributed by atoms with Crippen LogP contribution in [0.5, 0.6) is 0 Å². The van der Waals surface area contributed by atoms with Crippen LogP contribution in [0.4, 0.5) is 11.4 Å². The smallest absolute Gasteiger partial charge is 0.0314 e. The van der Waals surface area contributed by atoms with Crippen molar-refractivity contribution in [2.24, 2.45) is 17.8 Å². The molecule has 0 unspecified atom stereocenters. The molecule has 2 nitrogen and oxygen atoms in total. The number of hydrogen-bond donors (Lipinski definition) is 2. The van der Waals surface area contributed by atoms with Crippen molar-refractivity contribution in [2.75, 3.05) is 11.5 Å². The van der Waals surface area contributed by atoms with E-state index in [-0.39, 0.29) is 5.41 Å². The van der Waals surface area contributed by atoms with Crippen LogP contribution in [0.2, 0.25) is 0 Å². The van der Waals surface area contributed by atoms with E-state index in [2.05, 4.69) is 79.7 Å². The van der Waals surface area contributed by atoms with Crippen LogP contribution in [-0.2, 0) is 18.3 Å². The minimum atomic E-state index is 0.0924. The monoisotopic (exact) mass is 584 g/mol. The maximum atomic E-state index is 5.92. The van der Waals surface area contributed by atoms with E-state index in [0.717, 1.165) is 42.0 Å². The SMILES string of the molecule is CC[C@H]1CC[C@H](CCC2CCC(c3ccc(Cc4ccc(N)cc4)cc3)(c3ccc(Cc4ccc(N)cc4)cc3)CC2)CC1. The largest absolute Gasteiger partial charge is 0.399 e. The van der Waals surface area contributed by atoms with Gasteiger partial charge in [0.25, 0.3) is 0 Å². The minimum absolute atomic E-state index is 0.0924. The van der Waals surface area contributed by atoms with Gasteiger partial charge in [-0.3, -0.25) is 0 Å². The van der Waals surface area contributed by atoms with Gasteiger partial charge in [0.1, 0.15) is 0 Å². The zero-order valence-corrected chi connectivity index (χ0v) is 26.8. The predicted molar refractivity (Wildman–Crippen MR) is 188 cm³/mol. The normalized spacial score (nSPS) is 20.4. The van der Waals surface area contributed by atoms with Crippen LogP contribution in [0.1, 0.15) is 111 Å². The maximum Gasteiger partial charge on any atom is 0.0314 e. The Morgan fingerprint density at radius 1 is 0.477 bits per heavy atom. The maximum absolute atomic E-state index is 5.92. The van der Waals surface area contributed by atoms with Crippen LogP contribution in [0.15, 0.2) is 97.1 Å². The zero-order valence-electron chi connectivity index (χ0n) is 26.8. The van der Waals surface area contributed by atoms with Crippen LogP contribution in [0, 0.1) is 17.8 Å². The van der Waals surface area contributed by atoms with Crippen molar-refractivity contribution in [3.63, 3.8) is 0 Å². The molecule has 2 saturated carbocycles. The molecule has 0 aromatic heterocycles. The Bertz CT molecular complexity index is 1340. The molecule has 0 bridgehead atoms. The van der Waals surface area contributed by atoms with Gasteiger partial charge in [0.05, 0.1) is 0 Å². The molecule has 0 amide bonds. The van der Waals surface area contributed by atoms with Crippen LogP contribution >= 0.6 is 0 Å². The Kier molecular flexibility index (Phi) is 9.75.